The van der Waals surface area contributed by atoms with Crippen molar-refractivity contribution in [2.24, 2.45) is 0 Å². The van der Waals surface area contributed by atoms with E-state index < -0.39 is 12.3 Å². The summed E-state index contributed by atoms with van der Waals surface area (Å²) < 4.78 is 6.10. The Morgan fingerprint density at radius 2 is 1.50 bits per heavy atom. The van der Waals surface area contributed by atoms with E-state index in [-0.39, 0.29) is 6.04 Å². The maximum Gasteiger partial charge on any atom is 0.413 e. The van der Waals surface area contributed by atoms with E-state index in [1.165, 1.54) is 4.90 Å². The average Bonchev–Trinajstić information content (AvgIpc) is 3.13. The highest BCUT2D eigenvalue weighted by Crippen LogP contribution is 2.36. The molecule has 2 atom stereocenters. The van der Waals surface area contributed by atoms with Gasteiger partial charge in [0.15, 0.2) is 0 Å². The Labute approximate surface area is 201 Å². The second-order valence-electron chi connectivity index (χ2n) is 8.58. The lowest BCUT2D eigenvalue weighted by Gasteiger charge is -2.30. The van der Waals surface area contributed by atoms with Crippen LogP contribution in [0.2, 0.25) is 0 Å². The van der Waals surface area contributed by atoms with E-state index in [2.05, 4.69) is 24.0 Å². The molecule has 2 unspecified atom stereocenters. The van der Waals surface area contributed by atoms with Crippen molar-refractivity contribution >= 4 is 12.2 Å². The number of carboxylic acid groups (broad SMARTS) is 1. The zero-order valence-corrected chi connectivity index (χ0v) is 19.6. The van der Waals surface area contributed by atoms with Gasteiger partial charge in [0, 0.05) is 12.2 Å². The number of ether oxygens (including phenoxy) is 1. The lowest BCUT2D eigenvalue weighted by Crippen LogP contribution is -2.45. The molecule has 34 heavy (non-hydrogen) atoms. The number of carbonyl (C=O) groups is 1. The van der Waals surface area contributed by atoms with E-state index in [0.717, 1.165) is 35.2 Å². The molecule has 1 aliphatic rings. The second kappa shape index (κ2) is 11.6. The summed E-state index contributed by atoms with van der Waals surface area (Å²) in [6.07, 6.45) is 2.47. The Balaban J connectivity index is 1.68. The van der Waals surface area contributed by atoms with Gasteiger partial charge in [-0.15, -0.1) is 0 Å². The van der Waals surface area contributed by atoms with Crippen molar-refractivity contribution in [1.29, 1.82) is 0 Å². The molecule has 0 saturated carbocycles. The summed E-state index contributed by atoms with van der Waals surface area (Å²) in [4.78, 5) is 16.4. The van der Waals surface area contributed by atoms with Crippen LogP contribution >= 0.6 is 0 Å². The Bertz CT molecular complexity index is 1070. The zero-order chi connectivity index (χ0) is 23.8. The van der Waals surface area contributed by atoms with E-state index >= 15 is 0 Å². The van der Waals surface area contributed by atoms with Crippen LogP contribution < -0.4 is 0 Å². The summed E-state index contributed by atoms with van der Waals surface area (Å²) in [7, 11) is 0. The van der Waals surface area contributed by atoms with Gasteiger partial charge in [-0.1, -0.05) is 104 Å². The van der Waals surface area contributed by atoms with Gasteiger partial charge in [-0.25, -0.2) is 4.79 Å². The molecular formula is C29H32N2O3. The molecule has 1 fully saturated rings. The number of benzene rings is 3. The highest BCUT2D eigenvalue weighted by molar-refractivity contribution is 5.72. The molecular weight excluding hydrogens is 424 g/mol. The molecule has 1 amide bonds. The lowest BCUT2D eigenvalue weighted by molar-refractivity contribution is 0.0105. The molecule has 3 aromatic rings. The Morgan fingerprint density at radius 1 is 0.912 bits per heavy atom. The molecule has 1 heterocycles. The fraction of sp³-hybridized carbons (Fsp3) is 0.276. The molecule has 0 aliphatic carbocycles. The van der Waals surface area contributed by atoms with E-state index in [1.807, 2.05) is 84.9 Å². The van der Waals surface area contributed by atoms with E-state index in [0.29, 0.717) is 19.8 Å². The Morgan fingerprint density at radius 3 is 2.09 bits per heavy atom. The normalized spacial score (nSPS) is 19.6. The minimum absolute atomic E-state index is 0.0214. The molecule has 0 aromatic heterocycles. The molecule has 5 heteroatoms. The van der Waals surface area contributed by atoms with Crippen LogP contribution in [-0.4, -0.2) is 39.8 Å². The van der Waals surface area contributed by atoms with Gasteiger partial charge in [-0.3, -0.25) is 9.80 Å². The first-order valence-electron chi connectivity index (χ1n) is 11.9. The van der Waals surface area contributed by atoms with E-state index in [4.69, 9.17) is 4.74 Å². The molecule has 0 bridgehead atoms. The van der Waals surface area contributed by atoms with Crippen LogP contribution in [0, 0.1) is 0 Å². The van der Waals surface area contributed by atoms with Crippen LogP contribution in [0.1, 0.15) is 36.5 Å². The zero-order valence-electron chi connectivity index (χ0n) is 19.6. The molecule has 5 nitrogen and oxygen atoms in total. The number of hydrogen-bond donors (Lipinski definition) is 1. The van der Waals surface area contributed by atoms with Gasteiger partial charge in [0.1, 0.15) is 6.17 Å². The number of amides is 1. The summed E-state index contributed by atoms with van der Waals surface area (Å²) in [5.74, 6) is 0. The van der Waals surface area contributed by atoms with Gasteiger partial charge >= 0.3 is 6.09 Å². The van der Waals surface area contributed by atoms with Crippen LogP contribution in [0.4, 0.5) is 4.79 Å². The monoisotopic (exact) mass is 456 g/mol. The maximum atomic E-state index is 12.6. The Hall–Kier alpha value is -3.41. The van der Waals surface area contributed by atoms with Gasteiger partial charge < -0.3 is 9.84 Å². The molecule has 0 spiro atoms. The van der Waals surface area contributed by atoms with Crippen LogP contribution in [-0.2, 0) is 17.9 Å². The molecule has 1 saturated heterocycles. The highest BCUT2D eigenvalue weighted by Gasteiger charge is 2.45. The predicted molar refractivity (Wildman–Crippen MR) is 135 cm³/mol. The fourth-order valence-corrected chi connectivity index (χ4v) is 4.61. The summed E-state index contributed by atoms with van der Waals surface area (Å²) in [6.45, 7) is 3.53. The van der Waals surface area contributed by atoms with Crippen molar-refractivity contribution in [3.63, 3.8) is 0 Å². The molecule has 1 aliphatic heterocycles. The second-order valence-corrected chi connectivity index (χ2v) is 8.58. The third-order valence-electron chi connectivity index (χ3n) is 6.17. The number of hydrogen-bond acceptors (Lipinski definition) is 3. The topological polar surface area (TPSA) is 53.0 Å². The van der Waals surface area contributed by atoms with Gasteiger partial charge in [0.25, 0.3) is 0 Å². The highest BCUT2D eigenvalue weighted by atomic mass is 16.5. The van der Waals surface area contributed by atoms with Crippen LogP contribution in [0.25, 0.3) is 6.08 Å². The molecule has 176 valence electrons. The first-order valence-corrected chi connectivity index (χ1v) is 11.9. The fourth-order valence-electron chi connectivity index (χ4n) is 4.61. The number of nitrogens with zero attached hydrogens (tertiary/aromatic N) is 2. The standard InChI is InChI=1S/C29H32N2O3/c1-2-12-26-27(19-23-13-6-3-7-14-23)31(29(32)33)28(22-34-21-25-17-10-5-11-18-25)30(26)20-24-15-8-4-9-16-24/h3-11,13-19,26,28H,2,12,20-22H2,1H3,(H,32,33). The van der Waals surface area contributed by atoms with Gasteiger partial charge in [0.05, 0.1) is 19.3 Å². The quantitative estimate of drug-likeness (QED) is 0.414. The van der Waals surface area contributed by atoms with Crippen molar-refractivity contribution in [2.75, 3.05) is 6.61 Å². The van der Waals surface area contributed by atoms with Crippen molar-refractivity contribution < 1.29 is 14.6 Å². The van der Waals surface area contributed by atoms with Gasteiger partial charge in [0.2, 0.25) is 0 Å². The lowest BCUT2D eigenvalue weighted by atomic mass is 10.0. The van der Waals surface area contributed by atoms with Crippen LogP contribution in [0.15, 0.2) is 96.7 Å². The average molecular weight is 457 g/mol. The summed E-state index contributed by atoms with van der Waals surface area (Å²) >= 11 is 0. The summed E-state index contributed by atoms with van der Waals surface area (Å²) in [5, 5.41) is 10.3. The van der Waals surface area contributed by atoms with Crippen molar-refractivity contribution in [3.8, 4) is 0 Å². The summed E-state index contributed by atoms with van der Waals surface area (Å²) in [5.41, 5.74) is 4.03. The third kappa shape index (κ3) is 5.74. The van der Waals surface area contributed by atoms with Crippen molar-refractivity contribution in [1.82, 2.24) is 9.80 Å². The third-order valence-corrected chi connectivity index (χ3v) is 6.17. The SMILES string of the molecule is CCCC1C(=Cc2ccccc2)N(C(=O)O)C(COCc2ccccc2)N1Cc1ccccc1. The predicted octanol–water partition coefficient (Wildman–Crippen LogP) is 6.23. The van der Waals surface area contributed by atoms with Gasteiger partial charge in [-0.05, 0) is 29.2 Å². The van der Waals surface area contributed by atoms with E-state index in [9.17, 15) is 9.90 Å². The minimum atomic E-state index is -0.952. The maximum absolute atomic E-state index is 12.6. The molecule has 3 aromatic carbocycles. The summed E-state index contributed by atoms with van der Waals surface area (Å²) in [6, 6.07) is 30.1. The molecule has 0 radical (unpaired) electrons. The smallest absolute Gasteiger partial charge is 0.413 e. The van der Waals surface area contributed by atoms with Crippen molar-refractivity contribution in [3.05, 3.63) is 113 Å². The molecule has 4 rings (SSSR count). The van der Waals surface area contributed by atoms with Crippen molar-refractivity contribution in [2.45, 2.75) is 45.1 Å². The molecule has 1 N–H and O–H groups in total. The Kier molecular flexibility index (Phi) is 8.12. The largest absolute Gasteiger partial charge is 0.465 e. The first kappa shape index (κ1) is 23.7. The minimum Gasteiger partial charge on any atom is -0.465 e. The first-order chi connectivity index (χ1) is 16.7. The van der Waals surface area contributed by atoms with E-state index in [1.54, 1.807) is 0 Å². The van der Waals surface area contributed by atoms with Crippen LogP contribution in [0.5, 0.6) is 0 Å². The number of rotatable bonds is 9. The van der Waals surface area contributed by atoms with Crippen LogP contribution in [0.3, 0.4) is 0 Å². The van der Waals surface area contributed by atoms with Gasteiger partial charge in [-0.2, -0.15) is 0 Å².